The van der Waals surface area contributed by atoms with Gasteiger partial charge in [-0.05, 0) is 28.5 Å². The molecular weight excluding hydrogens is 443 g/mol. The van der Waals surface area contributed by atoms with Crippen LogP contribution in [0.3, 0.4) is 0 Å². The standard InChI is InChI=1S/C19H21N5O2.C2HF3O2/c1-26-15-6-5-13-3-2-4-14(16(13)10-15)9-19(25)21-12-18-23-22-17-11-20-7-8-24(17)18;3-2(4,5)1(6)7/h2-6,10,20H,7-9,11-12H2,1H3,(H,21,25);(H,6,7). The minimum Gasteiger partial charge on any atom is -0.497 e. The summed E-state index contributed by atoms with van der Waals surface area (Å²) in [4.78, 5) is 21.4. The van der Waals surface area contributed by atoms with Gasteiger partial charge >= 0.3 is 12.1 Å². The lowest BCUT2D eigenvalue weighted by Crippen LogP contribution is -2.31. The molecule has 9 nitrogen and oxygen atoms in total. The molecule has 2 aromatic carbocycles. The van der Waals surface area contributed by atoms with Crippen molar-refractivity contribution in [1.29, 1.82) is 0 Å². The van der Waals surface area contributed by atoms with Gasteiger partial charge in [0, 0.05) is 13.1 Å². The molecule has 1 aromatic heterocycles. The van der Waals surface area contributed by atoms with Gasteiger partial charge in [0.05, 0.1) is 26.6 Å². The molecule has 2 heterocycles. The molecule has 1 aliphatic heterocycles. The topological polar surface area (TPSA) is 118 Å². The number of carboxylic acids is 1. The van der Waals surface area contributed by atoms with Crippen LogP contribution in [0.1, 0.15) is 17.2 Å². The Morgan fingerprint density at radius 1 is 1.24 bits per heavy atom. The molecule has 0 atom stereocenters. The molecule has 1 amide bonds. The molecule has 0 fully saturated rings. The fourth-order valence-corrected chi connectivity index (χ4v) is 3.29. The number of aliphatic carboxylic acids is 1. The highest BCUT2D eigenvalue weighted by molar-refractivity contribution is 5.91. The van der Waals surface area contributed by atoms with E-state index in [0.717, 1.165) is 53.4 Å². The third kappa shape index (κ3) is 6.19. The van der Waals surface area contributed by atoms with Crippen LogP contribution in [0.25, 0.3) is 10.8 Å². The van der Waals surface area contributed by atoms with Crippen LogP contribution in [-0.4, -0.2) is 51.6 Å². The van der Waals surface area contributed by atoms with Gasteiger partial charge in [0.15, 0.2) is 5.82 Å². The van der Waals surface area contributed by atoms with E-state index in [4.69, 9.17) is 14.6 Å². The predicted octanol–water partition coefficient (Wildman–Crippen LogP) is 2.04. The van der Waals surface area contributed by atoms with Crippen LogP contribution in [0.15, 0.2) is 36.4 Å². The zero-order valence-corrected chi connectivity index (χ0v) is 17.6. The number of methoxy groups -OCH3 is 1. The van der Waals surface area contributed by atoms with Gasteiger partial charge in [0.1, 0.15) is 11.6 Å². The summed E-state index contributed by atoms with van der Waals surface area (Å²) in [6.07, 6.45) is -4.77. The van der Waals surface area contributed by atoms with Gasteiger partial charge in [-0.15, -0.1) is 10.2 Å². The number of fused-ring (bicyclic) bond motifs is 2. The molecule has 4 rings (SSSR count). The van der Waals surface area contributed by atoms with Crippen molar-refractivity contribution in [1.82, 2.24) is 25.4 Å². The summed E-state index contributed by atoms with van der Waals surface area (Å²) >= 11 is 0. The van der Waals surface area contributed by atoms with Gasteiger partial charge in [0.2, 0.25) is 5.91 Å². The van der Waals surface area contributed by atoms with Crippen LogP contribution in [-0.2, 0) is 35.6 Å². The maximum atomic E-state index is 12.5. The van der Waals surface area contributed by atoms with Crippen molar-refractivity contribution in [2.24, 2.45) is 0 Å². The Morgan fingerprint density at radius 2 is 2.00 bits per heavy atom. The number of nitrogens with one attached hydrogen (secondary N) is 2. The number of nitrogens with zero attached hydrogens (tertiary/aromatic N) is 3. The minimum atomic E-state index is -5.08. The van der Waals surface area contributed by atoms with Crippen LogP contribution in [0, 0.1) is 0 Å². The smallest absolute Gasteiger partial charge is 0.490 e. The number of ether oxygens (including phenoxy) is 1. The number of hydrogen-bond acceptors (Lipinski definition) is 6. The monoisotopic (exact) mass is 465 g/mol. The molecule has 0 aliphatic carbocycles. The number of benzene rings is 2. The normalized spacial score (nSPS) is 13.0. The summed E-state index contributed by atoms with van der Waals surface area (Å²) in [5.74, 6) is -0.288. The Kier molecular flexibility index (Phi) is 7.48. The van der Waals surface area contributed by atoms with E-state index in [0.29, 0.717) is 13.0 Å². The highest BCUT2D eigenvalue weighted by atomic mass is 19.4. The molecule has 0 saturated heterocycles. The highest BCUT2D eigenvalue weighted by Crippen LogP contribution is 2.24. The number of hydrogen-bond donors (Lipinski definition) is 3. The summed E-state index contributed by atoms with van der Waals surface area (Å²) in [6, 6.07) is 11.9. The lowest BCUT2D eigenvalue weighted by Gasteiger charge is -2.16. The zero-order chi connectivity index (χ0) is 24.0. The predicted molar refractivity (Wildman–Crippen MR) is 111 cm³/mol. The molecule has 3 aromatic rings. The quantitative estimate of drug-likeness (QED) is 0.528. The lowest BCUT2D eigenvalue weighted by atomic mass is 10.0. The molecule has 33 heavy (non-hydrogen) atoms. The molecular formula is C21H22F3N5O4. The zero-order valence-electron chi connectivity index (χ0n) is 17.6. The molecule has 3 N–H and O–H groups in total. The number of halogens is 3. The van der Waals surface area contributed by atoms with E-state index >= 15 is 0 Å². The van der Waals surface area contributed by atoms with E-state index in [1.807, 2.05) is 36.4 Å². The minimum absolute atomic E-state index is 0.0356. The Hall–Kier alpha value is -3.67. The van der Waals surface area contributed by atoms with Crippen molar-refractivity contribution < 1.29 is 32.6 Å². The molecule has 176 valence electrons. The largest absolute Gasteiger partial charge is 0.497 e. The first-order chi connectivity index (χ1) is 15.7. The van der Waals surface area contributed by atoms with Crippen LogP contribution < -0.4 is 15.4 Å². The van der Waals surface area contributed by atoms with Gasteiger partial charge in [-0.25, -0.2) is 4.79 Å². The van der Waals surface area contributed by atoms with Gasteiger partial charge in [-0.3, -0.25) is 4.79 Å². The van der Waals surface area contributed by atoms with E-state index < -0.39 is 12.1 Å². The van der Waals surface area contributed by atoms with E-state index in [2.05, 4.69) is 25.4 Å². The summed E-state index contributed by atoms with van der Waals surface area (Å²) in [5.41, 5.74) is 0.978. The number of alkyl halides is 3. The summed E-state index contributed by atoms with van der Waals surface area (Å²) in [6.45, 7) is 2.83. The van der Waals surface area contributed by atoms with Crippen molar-refractivity contribution in [2.45, 2.75) is 32.2 Å². The molecule has 0 saturated carbocycles. The molecule has 0 unspecified atom stereocenters. The van der Waals surface area contributed by atoms with Crippen LogP contribution in [0.4, 0.5) is 13.2 Å². The van der Waals surface area contributed by atoms with Crippen molar-refractivity contribution in [3.05, 3.63) is 53.6 Å². The first-order valence-corrected chi connectivity index (χ1v) is 9.93. The van der Waals surface area contributed by atoms with E-state index in [-0.39, 0.29) is 5.91 Å². The summed E-state index contributed by atoms with van der Waals surface area (Å²) in [7, 11) is 1.64. The maximum absolute atomic E-state index is 12.5. The fourth-order valence-electron chi connectivity index (χ4n) is 3.29. The fraction of sp³-hybridized carbons (Fsp3) is 0.333. The third-order valence-electron chi connectivity index (χ3n) is 4.92. The SMILES string of the molecule is COc1ccc2cccc(CC(=O)NCc3nnc4n3CCNC4)c2c1.O=C(O)C(F)(F)F. The number of carbonyl (C=O) groups is 2. The number of carbonyl (C=O) groups excluding carboxylic acids is 1. The summed E-state index contributed by atoms with van der Waals surface area (Å²) in [5, 5.41) is 23.8. The van der Waals surface area contributed by atoms with Crippen molar-refractivity contribution in [3.63, 3.8) is 0 Å². The second-order valence-electron chi connectivity index (χ2n) is 7.12. The van der Waals surface area contributed by atoms with E-state index in [9.17, 15) is 18.0 Å². The molecule has 0 radical (unpaired) electrons. The third-order valence-corrected chi connectivity index (χ3v) is 4.92. The number of rotatable bonds is 5. The van der Waals surface area contributed by atoms with Crippen molar-refractivity contribution >= 4 is 22.6 Å². The van der Waals surface area contributed by atoms with Crippen LogP contribution >= 0.6 is 0 Å². The number of amides is 1. The van der Waals surface area contributed by atoms with E-state index in [1.165, 1.54) is 0 Å². The number of aromatic nitrogens is 3. The first kappa shape index (κ1) is 24.0. The van der Waals surface area contributed by atoms with Gasteiger partial charge < -0.3 is 25.0 Å². The van der Waals surface area contributed by atoms with Gasteiger partial charge in [-0.1, -0.05) is 24.3 Å². The average molecular weight is 465 g/mol. The highest BCUT2D eigenvalue weighted by Gasteiger charge is 2.38. The second-order valence-corrected chi connectivity index (χ2v) is 7.12. The molecule has 0 spiro atoms. The molecule has 1 aliphatic rings. The van der Waals surface area contributed by atoms with Gasteiger partial charge in [-0.2, -0.15) is 13.2 Å². The van der Waals surface area contributed by atoms with Crippen LogP contribution in [0.2, 0.25) is 0 Å². The Labute approximate surface area is 186 Å². The van der Waals surface area contributed by atoms with Crippen molar-refractivity contribution in [2.75, 3.05) is 13.7 Å². The summed E-state index contributed by atoms with van der Waals surface area (Å²) < 4.78 is 39.1. The number of carboxylic acid groups (broad SMARTS) is 1. The average Bonchev–Trinajstić information content (AvgIpc) is 3.20. The maximum Gasteiger partial charge on any atom is 0.490 e. The first-order valence-electron chi connectivity index (χ1n) is 9.93. The molecule has 0 bridgehead atoms. The Bertz CT molecular complexity index is 1150. The van der Waals surface area contributed by atoms with Crippen molar-refractivity contribution in [3.8, 4) is 5.75 Å². The molecule has 12 heteroatoms. The van der Waals surface area contributed by atoms with E-state index in [1.54, 1.807) is 7.11 Å². The van der Waals surface area contributed by atoms with Gasteiger partial charge in [0.25, 0.3) is 0 Å². The Balaban J connectivity index is 0.000000383. The van der Waals surface area contributed by atoms with Crippen LogP contribution in [0.5, 0.6) is 5.75 Å². The second kappa shape index (κ2) is 10.3. The Morgan fingerprint density at radius 3 is 2.70 bits per heavy atom. The lowest BCUT2D eigenvalue weighted by molar-refractivity contribution is -0.192.